The van der Waals surface area contributed by atoms with Gasteiger partial charge in [-0.2, -0.15) is 0 Å². The second-order valence-corrected chi connectivity index (χ2v) is 8.91. The summed E-state index contributed by atoms with van der Waals surface area (Å²) >= 11 is 5.99. The van der Waals surface area contributed by atoms with Crippen molar-refractivity contribution in [2.45, 2.75) is 25.3 Å². The lowest BCUT2D eigenvalue weighted by Gasteiger charge is -2.35. The van der Waals surface area contributed by atoms with Crippen molar-refractivity contribution in [2.75, 3.05) is 11.6 Å². The Morgan fingerprint density at radius 1 is 1.20 bits per heavy atom. The Labute approximate surface area is 152 Å². The summed E-state index contributed by atoms with van der Waals surface area (Å²) in [6.07, 6.45) is 1.45. The summed E-state index contributed by atoms with van der Waals surface area (Å²) in [5, 5.41) is 2.41. The number of anilines is 1. The summed E-state index contributed by atoms with van der Waals surface area (Å²) in [4.78, 5) is 14.2. The van der Waals surface area contributed by atoms with Crippen molar-refractivity contribution in [1.82, 2.24) is 4.90 Å². The Bertz CT molecular complexity index is 928. The van der Waals surface area contributed by atoms with Gasteiger partial charge in [0, 0.05) is 29.9 Å². The molecule has 0 saturated carbocycles. The molecule has 0 bridgehead atoms. The molecule has 0 fully saturated rings. The third-order valence-corrected chi connectivity index (χ3v) is 6.04. The van der Waals surface area contributed by atoms with Crippen LogP contribution in [0.1, 0.15) is 16.7 Å². The molecule has 1 aliphatic heterocycles. The van der Waals surface area contributed by atoms with Crippen molar-refractivity contribution in [3.05, 3.63) is 64.2 Å². The second kappa shape index (κ2) is 6.69. The van der Waals surface area contributed by atoms with Gasteiger partial charge in [-0.3, -0.25) is 0 Å². The van der Waals surface area contributed by atoms with Crippen LogP contribution in [0.25, 0.3) is 0 Å². The lowest BCUT2D eigenvalue weighted by Crippen LogP contribution is -2.49. The molecule has 1 N–H and O–H groups in total. The van der Waals surface area contributed by atoms with Crippen molar-refractivity contribution >= 4 is 33.2 Å². The molecule has 3 rings (SSSR count). The van der Waals surface area contributed by atoms with Crippen molar-refractivity contribution in [1.29, 1.82) is 0 Å². The number of halogens is 1. The van der Waals surface area contributed by atoms with Gasteiger partial charge in [0.25, 0.3) is 0 Å². The van der Waals surface area contributed by atoms with Crippen molar-refractivity contribution in [2.24, 2.45) is 0 Å². The first-order valence-electron chi connectivity index (χ1n) is 7.85. The number of nitrogens with one attached hydrogen (secondary N) is 1. The van der Waals surface area contributed by atoms with Crippen LogP contribution in [0.2, 0.25) is 5.02 Å². The number of amides is 2. The van der Waals surface area contributed by atoms with E-state index < -0.39 is 21.2 Å². The number of aryl methyl sites for hydroxylation is 1. The topological polar surface area (TPSA) is 66.5 Å². The zero-order valence-electron chi connectivity index (χ0n) is 14.0. The van der Waals surface area contributed by atoms with Crippen LogP contribution in [-0.2, 0) is 22.8 Å². The molecule has 0 unspecified atom stereocenters. The molecule has 5 nitrogen and oxygen atoms in total. The summed E-state index contributed by atoms with van der Waals surface area (Å²) in [7, 11) is -3.43. The minimum atomic E-state index is -3.43. The maximum Gasteiger partial charge on any atom is 0.323 e. The summed E-state index contributed by atoms with van der Waals surface area (Å²) in [6.45, 7) is 2.10. The zero-order valence-corrected chi connectivity index (χ0v) is 15.6. The summed E-state index contributed by atoms with van der Waals surface area (Å²) < 4.78 is 24.5. The number of nitrogens with zero attached hydrogens (tertiary/aromatic N) is 1. The van der Waals surface area contributed by atoms with Crippen molar-refractivity contribution < 1.29 is 13.2 Å². The fraction of sp³-hybridized carbons (Fsp3) is 0.278. The molecule has 7 heteroatoms. The predicted octanol–water partition coefficient (Wildman–Crippen LogP) is 3.61. The van der Waals surface area contributed by atoms with Gasteiger partial charge in [-0.1, -0.05) is 41.9 Å². The molecule has 0 spiro atoms. The molecular formula is C18H19ClN2O3S. The van der Waals surface area contributed by atoms with E-state index in [1.54, 1.807) is 18.2 Å². The van der Waals surface area contributed by atoms with E-state index >= 15 is 0 Å². The fourth-order valence-corrected chi connectivity index (χ4v) is 4.28. The average Bonchev–Trinajstić information content (AvgIpc) is 2.56. The number of hydrogen-bond acceptors (Lipinski definition) is 3. The molecule has 0 aliphatic carbocycles. The van der Waals surface area contributed by atoms with Crippen molar-refractivity contribution in [3.63, 3.8) is 0 Å². The van der Waals surface area contributed by atoms with Crippen LogP contribution in [0.3, 0.4) is 0 Å². The van der Waals surface area contributed by atoms with Crippen LogP contribution < -0.4 is 5.32 Å². The Morgan fingerprint density at radius 2 is 1.88 bits per heavy atom. The highest BCUT2D eigenvalue weighted by Gasteiger charge is 2.36. The van der Waals surface area contributed by atoms with Gasteiger partial charge < -0.3 is 10.2 Å². The van der Waals surface area contributed by atoms with Crippen LogP contribution in [0.4, 0.5) is 10.5 Å². The van der Waals surface area contributed by atoms with Gasteiger partial charge in [-0.15, -0.1) is 0 Å². The van der Waals surface area contributed by atoms with Gasteiger partial charge >= 0.3 is 6.03 Å². The van der Waals surface area contributed by atoms with Gasteiger partial charge in [0.05, 0.1) is 0 Å². The monoisotopic (exact) mass is 378 g/mol. The SMILES string of the molecule is Cc1ccc(Cl)cc1NC(=O)N1Cc2ccccc2C[C@H]1S(C)(=O)=O. The number of carbonyl (C=O) groups excluding carboxylic acids is 1. The van der Waals surface area contributed by atoms with Gasteiger partial charge in [0.1, 0.15) is 5.37 Å². The van der Waals surface area contributed by atoms with Crippen LogP contribution in [0.5, 0.6) is 0 Å². The largest absolute Gasteiger partial charge is 0.323 e. The maximum absolute atomic E-state index is 12.8. The van der Waals surface area contributed by atoms with E-state index in [-0.39, 0.29) is 13.0 Å². The maximum atomic E-state index is 12.8. The van der Waals surface area contributed by atoms with E-state index in [4.69, 9.17) is 11.6 Å². The molecule has 2 amide bonds. The van der Waals surface area contributed by atoms with E-state index in [2.05, 4.69) is 5.32 Å². The molecule has 132 valence electrons. The zero-order chi connectivity index (χ0) is 18.2. The molecular weight excluding hydrogens is 360 g/mol. The molecule has 2 aromatic rings. The molecule has 1 aliphatic rings. The first-order chi connectivity index (χ1) is 11.8. The van der Waals surface area contributed by atoms with Crippen LogP contribution >= 0.6 is 11.6 Å². The van der Waals surface area contributed by atoms with E-state index in [1.807, 2.05) is 31.2 Å². The third-order valence-electron chi connectivity index (χ3n) is 4.40. The van der Waals surface area contributed by atoms with E-state index in [1.165, 1.54) is 4.90 Å². The number of urea groups is 1. The van der Waals surface area contributed by atoms with Gasteiger partial charge in [0.2, 0.25) is 0 Å². The second-order valence-electron chi connectivity index (χ2n) is 6.27. The molecule has 2 aromatic carbocycles. The van der Waals surface area contributed by atoms with Crippen LogP contribution in [0.15, 0.2) is 42.5 Å². The first kappa shape index (κ1) is 17.8. The Balaban J connectivity index is 1.93. The predicted molar refractivity (Wildman–Crippen MR) is 99.5 cm³/mol. The molecule has 0 saturated heterocycles. The number of hydrogen-bond donors (Lipinski definition) is 1. The van der Waals surface area contributed by atoms with Crippen LogP contribution in [0, 0.1) is 6.92 Å². The number of benzene rings is 2. The van der Waals surface area contributed by atoms with Gasteiger partial charge in [-0.05, 0) is 35.7 Å². The molecule has 0 aromatic heterocycles. The lowest BCUT2D eigenvalue weighted by molar-refractivity contribution is 0.197. The number of carbonyl (C=O) groups is 1. The Morgan fingerprint density at radius 3 is 2.56 bits per heavy atom. The lowest BCUT2D eigenvalue weighted by atomic mass is 10.00. The van der Waals surface area contributed by atoms with E-state index in [0.29, 0.717) is 10.7 Å². The van der Waals surface area contributed by atoms with E-state index in [9.17, 15) is 13.2 Å². The smallest absolute Gasteiger partial charge is 0.307 e. The number of sulfone groups is 1. The minimum absolute atomic E-state index is 0.249. The quantitative estimate of drug-likeness (QED) is 0.868. The normalized spacial score (nSPS) is 17.1. The summed E-state index contributed by atoms with van der Waals surface area (Å²) in [6, 6.07) is 12.3. The first-order valence-corrected chi connectivity index (χ1v) is 10.2. The summed E-state index contributed by atoms with van der Waals surface area (Å²) in [5.41, 5.74) is 3.34. The molecule has 25 heavy (non-hydrogen) atoms. The molecule has 1 heterocycles. The van der Waals surface area contributed by atoms with Crippen LogP contribution in [-0.4, -0.2) is 31.0 Å². The fourth-order valence-electron chi connectivity index (χ4n) is 3.00. The van der Waals surface area contributed by atoms with Gasteiger partial charge in [0.15, 0.2) is 9.84 Å². The number of fused-ring (bicyclic) bond motifs is 1. The van der Waals surface area contributed by atoms with Crippen molar-refractivity contribution in [3.8, 4) is 0 Å². The van der Waals surface area contributed by atoms with Gasteiger partial charge in [-0.25, -0.2) is 13.2 Å². The van der Waals surface area contributed by atoms with E-state index in [0.717, 1.165) is 22.9 Å². The third kappa shape index (κ3) is 3.80. The summed E-state index contributed by atoms with van der Waals surface area (Å²) in [5.74, 6) is 0. The minimum Gasteiger partial charge on any atom is -0.307 e. The Kier molecular flexibility index (Phi) is 4.75. The highest BCUT2D eigenvalue weighted by molar-refractivity contribution is 7.91. The molecule has 1 atom stereocenters. The average molecular weight is 379 g/mol. The molecule has 0 radical (unpaired) electrons. The number of rotatable bonds is 2. The Hall–Kier alpha value is -2.05. The highest BCUT2D eigenvalue weighted by Crippen LogP contribution is 2.27. The highest BCUT2D eigenvalue weighted by atomic mass is 35.5. The standard InChI is InChI=1S/C18H19ClN2O3S/c1-12-7-8-15(19)10-16(12)20-18(22)21-11-14-6-4-3-5-13(14)9-17(21)25(2,23)24/h3-8,10,17H,9,11H2,1-2H3,(H,20,22)/t17-/m1/s1.